The number of carbonyl (C=O) groups excluding carboxylic acids is 2. The highest BCUT2D eigenvalue weighted by Crippen LogP contribution is 2.42. The van der Waals surface area contributed by atoms with Crippen LogP contribution < -0.4 is 16.4 Å². The molecule has 6 nitrogen and oxygen atoms in total. The van der Waals surface area contributed by atoms with Crippen LogP contribution in [0.15, 0.2) is 47.3 Å². The van der Waals surface area contributed by atoms with E-state index < -0.39 is 0 Å². The van der Waals surface area contributed by atoms with E-state index in [1.807, 2.05) is 12.1 Å². The van der Waals surface area contributed by atoms with Gasteiger partial charge >= 0.3 is 0 Å². The Morgan fingerprint density at radius 2 is 1.74 bits per heavy atom. The molecule has 142 valence electrons. The third-order valence-corrected chi connectivity index (χ3v) is 5.96. The lowest BCUT2D eigenvalue weighted by Crippen LogP contribution is -2.48. The van der Waals surface area contributed by atoms with E-state index in [4.69, 9.17) is 10.2 Å². The maximum absolute atomic E-state index is 12.8. The van der Waals surface area contributed by atoms with Gasteiger partial charge in [-0.25, -0.2) is 0 Å². The van der Waals surface area contributed by atoms with Crippen LogP contribution in [0.5, 0.6) is 0 Å². The Bertz CT molecular complexity index is 804. The molecule has 2 aliphatic carbocycles. The van der Waals surface area contributed by atoms with E-state index >= 15 is 0 Å². The predicted molar refractivity (Wildman–Crippen MR) is 103 cm³/mol. The Balaban J connectivity index is 1.39. The van der Waals surface area contributed by atoms with Gasteiger partial charge in [-0.3, -0.25) is 9.59 Å². The van der Waals surface area contributed by atoms with Crippen LogP contribution in [0.4, 0.5) is 11.4 Å². The van der Waals surface area contributed by atoms with Crippen molar-refractivity contribution in [3.8, 4) is 0 Å². The largest absolute Gasteiger partial charge is 0.472 e. The monoisotopic (exact) mass is 367 g/mol. The zero-order valence-corrected chi connectivity index (χ0v) is 15.2. The summed E-state index contributed by atoms with van der Waals surface area (Å²) in [5.41, 5.74) is 8.09. The summed E-state index contributed by atoms with van der Waals surface area (Å²) in [6.07, 6.45) is 8.10. The van der Waals surface area contributed by atoms with Gasteiger partial charge in [0.25, 0.3) is 5.91 Å². The van der Waals surface area contributed by atoms with E-state index in [0.29, 0.717) is 28.8 Å². The number of hydrogen-bond acceptors (Lipinski definition) is 4. The van der Waals surface area contributed by atoms with Gasteiger partial charge in [0.1, 0.15) is 6.26 Å². The molecule has 2 unspecified atom stereocenters. The molecule has 1 heterocycles. The minimum absolute atomic E-state index is 0.0178. The van der Waals surface area contributed by atoms with Crippen LogP contribution in [0, 0.1) is 17.8 Å². The van der Waals surface area contributed by atoms with Crippen molar-refractivity contribution >= 4 is 23.2 Å². The molecule has 2 bridgehead atoms. The second kappa shape index (κ2) is 7.56. The van der Waals surface area contributed by atoms with Gasteiger partial charge in [0.05, 0.1) is 11.8 Å². The quantitative estimate of drug-likeness (QED) is 0.769. The third kappa shape index (κ3) is 3.90. The number of hydrogen-bond donors (Lipinski definition) is 3. The van der Waals surface area contributed by atoms with Crippen molar-refractivity contribution in [1.82, 2.24) is 0 Å². The Kier molecular flexibility index (Phi) is 4.99. The predicted octanol–water partition coefficient (Wildman–Crippen LogP) is 3.62. The summed E-state index contributed by atoms with van der Waals surface area (Å²) in [4.78, 5) is 24.9. The highest BCUT2D eigenvalue weighted by Gasteiger charge is 2.40. The maximum atomic E-state index is 12.8. The molecule has 0 spiro atoms. The van der Waals surface area contributed by atoms with Gasteiger partial charge in [0.2, 0.25) is 5.91 Å². The van der Waals surface area contributed by atoms with E-state index in [1.54, 1.807) is 18.2 Å². The molecule has 2 fully saturated rings. The van der Waals surface area contributed by atoms with Crippen molar-refractivity contribution in [3.63, 3.8) is 0 Å². The zero-order chi connectivity index (χ0) is 18.8. The molecule has 0 saturated heterocycles. The van der Waals surface area contributed by atoms with Crippen molar-refractivity contribution in [2.75, 3.05) is 10.6 Å². The summed E-state index contributed by atoms with van der Waals surface area (Å²) in [5, 5.41) is 5.82. The summed E-state index contributed by atoms with van der Waals surface area (Å²) >= 11 is 0. The van der Waals surface area contributed by atoms with E-state index in [-0.39, 0.29) is 23.8 Å². The lowest BCUT2D eigenvalue weighted by Gasteiger charge is -2.43. The fraction of sp³-hybridized carbons (Fsp3) is 0.429. The summed E-state index contributed by atoms with van der Waals surface area (Å²) in [6.45, 7) is 0. The molecule has 6 heteroatoms. The van der Waals surface area contributed by atoms with Crippen molar-refractivity contribution in [2.24, 2.45) is 23.5 Å². The van der Waals surface area contributed by atoms with Gasteiger partial charge in [-0.05, 0) is 61.8 Å². The maximum Gasteiger partial charge on any atom is 0.258 e. The first kappa shape index (κ1) is 17.8. The number of nitrogens with two attached hydrogens (primary N) is 1. The molecule has 2 aromatic rings. The summed E-state index contributed by atoms with van der Waals surface area (Å²) < 4.78 is 4.93. The summed E-state index contributed by atoms with van der Waals surface area (Å²) in [7, 11) is 0. The average Bonchev–Trinajstić information content (AvgIpc) is 3.16. The van der Waals surface area contributed by atoms with Crippen LogP contribution >= 0.6 is 0 Å². The van der Waals surface area contributed by atoms with Gasteiger partial charge in [-0.1, -0.05) is 12.5 Å². The standard InChI is InChI=1S/C21H25N3O3/c22-19-13-3-1-4-14(19)10-16(9-13)21(26)24-18-6-2-5-17(11-18)23-20(25)15-7-8-27-12-15/h2,5-8,11-14,16,19H,1,3-4,9-10,22H2,(H,23,25)(H,24,26). The first-order valence-corrected chi connectivity index (χ1v) is 9.60. The minimum atomic E-state index is -0.249. The lowest BCUT2D eigenvalue weighted by molar-refractivity contribution is -0.122. The second-order valence-electron chi connectivity index (χ2n) is 7.73. The van der Waals surface area contributed by atoms with Crippen molar-refractivity contribution in [3.05, 3.63) is 48.4 Å². The number of rotatable bonds is 4. The van der Waals surface area contributed by atoms with Crippen LogP contribution in [0.3, 0.4) is 0 Å². The molecule has 4 N–H and O–H groups in total. The average molecular weight is 367 g/mol. The van der Waals surface area contributed by atoms with Crippen LogP contribution in [-0.4, -0.2) is 17.9 Å². The Morgan fingerprint density at radius 3 is 2.41 bits per heavy atom. The summed E-state index contributed by atoms with van der Waals surface area (Å²) in [6, 6.07) is 9.06. The smallest absolute Gasteiger partial charge is 0.258 e. The minimum Gasteiger partial charge on any atom is -0.472 e. The van der Waals surface area contributed by atoms with Gasteiger partial charge in [-0.2, -0.15) is 0 Å². The van der Waals surface area contributed by atoms with Crippen LogP contribution in [0.1, 0.15) is 42.5 Å². The molecule has 4 rings (SSSR count). The Labute approximate surface area is 158 Å². The van der Waals surface area contributed by atoms with Crippen molar-refractivity contribution < 1.29 is 14.0 Å². The number of anilines is 2. The van der Waals surface area contributed by atoms with E-state index in [1.165, 1.54) is 18.9 Å². The van der Waals surface area contributed by atoms with Gasteiger partial charge in [0.15, 0.2) is 0 Å². The zero-order valence-electron chi connectivity index (χ0n) is 15.2. The fourth-order valence-corrected chi connectivity index (χ4v) is 4.52. The highest BCUT2D eigenvalue weighted by atomic mass is 16.3. The molecule has 2 atom stereocenters. The van der Waals surface area contributed by atoms with Crippen LogP contribution in [0.25, 0.3) is 0 Å². The second-order valence-corrected chi connectivity index (χ2v) is 7.73. The number of nitrogens with one attached hydrogen (secondary N) is 2. The topological polar surface area (TPSA) is 97.4 Å². The SMILES string of the molecule is NC1C2CCCC1CC(C(=O)Nc1cccc(NC(=O)c3ccoc3)c1)C2. The van der Waals surface area contributed by atoms with E-state index in [9.17, 15) is 9.59 Å². The number of benzene rings is 1. The van der Waals surface area contributed by atoms with Gasteiger partial charge < -0.3 is 20.8 Å². The van der Waals surface area contributed by atoms with Gasteiger partial charge in [0, 0.05) is 23.3 Å². The number of amides is 2. The first-order chi connectivity index (χ1) is 13.1. The molecular weight excluding hydrogens is 342 g/mol. The number of carbonyl (C=O) groups is 2. The molecule has 1 aromatic heterocycles. The molecule has 27 heavy (non-hydrogen) atoms. The number of fused-ring (bicyclic) bond motifs is 2. The molecule has 0 radical (unpaired) electrons. The Morgan fingerprint density at radius 1 is 1.04 bits per heavy atom. The van der Waals surface area contributed by atoms with E-state index in [2.05, 4.69) is 10.6 Å². The Hall–Kier alpha value is -2.60. The third-order valence-electron chi connectivity index (χ3n) is 5.96. The molecule has 2 amide bonds. The highest BCUT2D eigenvalue weighted by molar-refractivity contribution is 6.04. The molecule has 2 aliphatic rings. The molecule has 2 saturated carbocycles. The summed E-state index contributed by atoms with van der Waals surface area (Å²) in [5.74, 6) is 0.755. The van der Waals surface area contributed by atoms with Gasteiger partial charge in [-0.15, -0.1) is 0 Å². The normalized spacial score (nSPS) is 27.0. The molecule has 0 aliphatic heterocycles. The molecule has 1 aromatic carbocycles. The van der Waals surface area contributed by atoms with Crippen molar-refractivity contribution in [1.29, 1.82) is 0 Å². The van der Waals surface area contributed by atoms with Crippen LogP contribution in [-0.2, 0) is 4.79 Å². The van der Waals surface area contributed by atoms with Crippen LogP contribution in [0.2, 0.25) is 0 Å². The number of furan rings is 1. The fourth-order valence-electron chi connectivity index (χ4n) is 4.52. The lowest BCUT2D eigenvalue weighted by atomic mass is 9.65. The molecular formula is C21H25N3O3. The van der Waals surface area contributed by atoms with Crippen molar-refractivity contribution in [2.45, 2.75) is 38.1 Å². The van der Waals surface area contributed by atoms with E-state index in [0.717, 1.165) is 25.7 Å². The first-order valence-electron chi connectivity index (χ1n) is 9.60.